The first kappa shape index (κ1) is 20.1. The number of aromatic amines is 1. The van der Waals surface area contributed by atoms with Gasteiger partial charge < -0.3 is 15.4 Å². The van der Waals surface area contributed by atoms with Gasteiger partial charge in [0.25, 0.3) is 0 Å². The van der Waals surface area contributed by atoms with Crippen molar-refractivity contribution < 1.29 is 9.90 Å². The first-order valence-corrected chi connectivity index (χ1v) is 12.2. The van der Waals surface area contributed by atoms with Crippen LogP contribution in [0.5, 0.6) is 0 Å². The smallest absolute Gasteiger partial charge is 0.227 e. The third-order valence-electron chi connectivity index (χ3n) is 8.76. The van der Waals surface area contributed by atoms with E-state index in [2.05, 4.69) is 39.6 Å². The minimum Gasteiger partial charge on any atom is -0.387 e. The average molecular weight is 450 g/mol. The summed E-state index contributed by atoms with van der Waals surface area (Å²) < 4.78 is 0. The van der Waals surface area contributed by atoms with Crippen molar-refractivity contribution in [2.24, 2.45) is 0 Å². The van der Waals surface area contributed by atoms with Crippen LogP contribution in [0.4, 0.5) is 0 Å². The Labute approximate surface area is 198 Å². The van der Waals surface area contributed by atoms with Gasteiger partial charge in [0.15, 0.2) is 0 Å². The summed E-state index contributed by atoms with van der Waals surface area (Å²) in [4.78, 5) is 21.7. The first-order chi connectivity index (χ1) is 16.5. The van der Waals surface area contributed by atoms with Crippen molar-refractivity contribution in [3.05, 3.63) is 100.0 Å². The molecule has 2 aliphatic carbocycles. The topological polar surface area (TPSA) is 78.0 Å². The predicted molar refractivity (Wildman–Crippen MR) is 131 cm³/mol. The minimum absolute atomic E-state index is 0.0138. The zero-order chi connectivity index (χ0) is 23.1. The molecular formula is C29H27N3O2. The standard InChI is InChI=1S/C29H27N3O2/c1-17-20-15-29(34)25-14-19-7-2-4-8-21(19)28(29,12-13-30-25)16-24(20)32-26(17)27(33)23-11-10-18-6-3-5-9-22(18)31-23/h2-11,25,30,32,34H,12-16H2,1H3/t25-,28-,29-/m1/s1. The van der Waals surface area contributed by atoms with E-state index < -0.39 is 5.60 Å². The van der Waals surface area contributed by atoms with Gasteiger partial charge in [-0.1, -0.05) is 48.5 Å². The third-order valence-corrected chi connectivity index (χ3v) is 8.76. The Morgan fingerprint density at radius 1 is 1.06 bits per heavy atom. The van der Waals surface area contributed by atoms with Crippen LogP contribution in [0.2, 0.25) is 0 Å². The van der Waals surface area contributed by atoms with Crippen molar-refractivity contribution in [3.8, 4) is 0 Å². The molecule has 5 nitrogen and oxygen atoms in total. The summed E-state index contributed by atoms with van der Waals surface area (Å²) in [5.41, 5.74) is 6.37. The Balaban J connectivity index is 1.35. The van der Waals surface area contributed by atoms with Gasteiger partial charge in [-0.15, -0.1) is 0 Å². The molecule has 3 aliphatic rings. The van der Waals surface area contributed by atoms with Gasteiger partial charge in [-0.2, -0.15) is 0 Å². The van der Waals surface area contributed by atoms with Crippen molar-refractivity contribution in [2.45, 2.75) is 49.7 Å². The number of hydrogen-bond acceptors (Lipinski definition) is 4. The van der Waals surface area contributed by atoms with Gasteiger partial charge in [0.2, 0.25) is 5.78 Å². The van der Waals surface area contributed by atoms with E-state index >= 15 is 0 Å². The maximum absolute atomic E-state index is 13.6. The molecule has 5 heteroatoms. The molecule has 3 atom stereocenters. The number of benzene rings is 2. The molecule has 1 saturated heterocycles. The van der Waals surface area contributed by atoms with Crippen molar-refractivity contribution in [3.63, 3.8) is 0 Å². The number of hydrogen-bond donors (Lipinski definition) is 3. The van der Waals surface area contributed by atoms with Crippen molar-refractivity contribution in [1.82, 2.24) is 15.3 Å². The number of rotatable bonds is 2. The SMILES string of the molecule is Cc1c(C(=O)c2ccc3ccccc3n2)[nH]c2c1C[C@@]1(O)[C@H]3Cc4ccccc4[C@@]1(CCN3)C2. The van der Waals surface area contributed by atoms with Gasteiger partial charge in [0, 0.05) is 35.4 Å². The Morgan fingerprint density at radius 2 is 1.88 bits per heavy atom. The van der Waals surface area contributed by atoms with Crippen LogP contribution in [0, 0.1) is 6.92 Å². The largest absolute Gasteiger partial charge is 0.387 e. The zero-order valence-electron chi connectivity index (χ0n) is 19.2. The summed E-state index contributed by atoms with van der Waals surface area (Å²) in [5.74, 6) is -0.0911. The van der Waals surface area contributed by atoms with E-state index in [0.717, 1.165) is 47.1 Å². The molecule has 2 bridgehead atoms. The van der Waals surface area contributed by atoms with Gasteiger partial charge in [0.1, 0.15) is 5.69 Å². The van der Waals surface area contributed by atoms with Crippen molar-refractivity contribution in [2.75, 3.05) is 6.54 Å². The van der Waals surface area contributed by atoms with E-state index in [-0.39, 0.29) is 17.2 Å². The molecule has 4 aromatic rings. The number of piperidine rings is 1. The fraction of sp³-hybridized carbons (Fsp3) is 0.310. The molecule has 34 heavy (non-hydrogen) atoms. The summed E-state index contributed by atoms with van der Waals surface area (Å²) in [6.45, 7) is 2.90. The van der Waals surface area contributed by atoms with E-state index in [4.69, 9.17) is 0 Å². The molecule has 0 unspecified atom stereocenters. The monoisotopic (exact) mass is 449 g/mol. The zero-order valence-corrected chi connectivity index (χ0v) is 19.2. The lowest BCUT2D eigenvalue weighted by Gasteiger charge is -2.60. The van der Waals surface area contributed by atoms with E-state index in [1.54, 1.807) is 0 Å². The number of nitrogens with one attached hydrogen (secondary N) is 2. The normalized spacial score (nSPS) is 27.1. The number of aliphatic hydroxyl groups is 1. The van der Waals surface area contributed by atoms with Gasteiger partial charge >= 0.3 is 0 Å². The Bertz CT molecular complexity index is 1490. The van der Waals surface area contributed by atoms with Crippen molar-refractivity contribution in [1.29, 1.82) is 0 Å². The summed E-state index contributed by atoms with van der Waals surface area (Å²) in [5, 5.41) is 16.9. The highest BCUT2D eigenvalue weighted by Gasteiger charge is 2.62. The quantitative estimate of drug-likeness (QED) is 0.407. The van der Waals surface area contributed by atoms with E-state index in [1.165, 1.54) is 11.1 Å². The molecule has 2 aromatic carbocycles. The van der Waals surface area contributed by atoms with Crippen molar-refractivity contribution >= 4 is 16.7 Å². The van der Waals surface area contributed by atoms with Gasteiger partial charge in [-0.3, -0.25) is 4.79 Å². The number of H-pyrrole nitrogens is 1. The van der Waals surface area contributed by atoms with Crippen LogP contribution in [0.1, 0.15) is 50.6 Å². The fourth-order valence-electron chi connectivity index (χ4n) is 7.01. The lowest BCUT2D eigenvalue weighted by Crippen LogP contribution is -2.73. The van der Waals surface area contributed by atoms with Gasteiger partial charge in [-0.25, -0.2) is 4.98 Å². The number of nitrogens with zero attached hydrogens (tertiary/aromatic N) is 1. The summed E-state index contributed by atoms with van der Waals surface area (Å²) >= 11 is 0. The fourth-order valence-corrected chi connectivity index (χ4v) is 7.01. The van der Waals surface area contributed by atoms with Crippen LogP contribution >= 0.6 is 0 Å². The second-order valence-electron chi connectivity index (χ2n) is 10.3. The number of pyridine rings is 1. The molecule has 0 saturated carbocycles. The first-order valence-electron chi connectivity index (χ1n) is 12.2. The molecule has 1 fully saturated rings. The second-order valence-corrected chi connectivity index (χ2v) is 10.3. The number of aromatic nitrogens is 2. The summed E-state index contributed by atoms with van der Waals surface area (Å²) in [7, 11) is 0. The van der Waals surface area contributed by atoms with Crippen LogP contribution in [0.3, 0.4) is 0 Å². The van der Waals surface area contributed by atoms with E-state index in [9.17, 15) is 9.90 Å². The molecule has 3 N–H and O–H groups in total. The lowest BCUT2D eigenvalue weighted by molar-refractivity contribution is -0.106. The molecule has 1 aliphatic heterocycles. The van der Waals surface area contributed by atoms with Crippen LogP contribution in [0.25, 0.3) is 10.9 Å². The Kier molecular flexibility index (Phi) is 4.07. The maximum atomic E-state index is 13.6. The van der Waals surface area contributed by atoms with Crippen LogP contribution in [-0.2, 0) is 24.7 Å². The molecular weight excluding hydrogens is 422 g/mol. The maximum Gasteiger partial charge on any atom is 0.227 e. The van der Waals surface area contributed by atoms with Gasteiger partial charge in [0.05, 0.1) is 16.8 Å². The molecule has 0 spiro atoms. The highest BCUT2D eigenvalue weighted by Crippen LogP contribution is 2.55. The molecule has 7 rings (SSSR count). The van der Waals surface area contributed by atoms with E-state index in [0.29, 0.717) is 24.2 Å². The van der Waals surface area contributed by atoms with Crippen LogP contribution in [0.15, 0.2) is 60.7 Å². The predicted octanol–water partition coefficient (Wildman–Crippen LogP) is 3.79. The second kappa shape index (κ2) is 6.87. The highest BCUT2D eigenvalue weighted by molar-refractivity contribution is 6.08. The Morgan fingerprint density at radius 3 is 2.79 bits per heavy atom. The lowest BCUT2D eigenvalue weighted by atomic mass is 9.50. The average Bonchev–Trinajstić information content (AvgIpc) is 3.16. The molecule has 0 amide bonds. The number of fused-ring (bicyclic) bond motifs is 3. The molecule has 3 heterocycles. The minimum atomic E-state index is -0.874. The highest BCUT2D eigenvalue weighted by atomic mass is 16.3. The van der Waals surface area contributed by atoms with Crippen LogP contribution < -0.4 is 5.32 Å². The molecule has 170 valence electrons. The number of carbonyl (C=O) groups excluding carboxylic acids is 1. The molecule has 0 radical (unpaired) electrons. The summed E-state index contributed by atoms with van der Waals surface area (Å²) in [6.07, 6.45) is 2.98. The number of carbonyl (C=O) groups is 1. The van der Waals surface area contributed by atoms with Gasteiger partial charge in [-0.05, 0) is 60.7 Å². The van der Waals surface area contributed by atoms with E-state index in [1.807, 2.05) is 43.3 Å². The number of ketones is 1. The Hall–Kier alpha value is -3.28. The summed E-state index contributed by atoms with van der Waals surface area (Å²) in [6, 6.07) is 20.2. The third kappa shape index (κ3) is 2.51. The molecule has 2 aromatic heterocycles. The van der Waals surface area contributed by atoms with Crippen LogP contribution in [-0.4, -0.2) is 39.0 Å². The number of para-hydroxylation sites is 1.